The first kappa shape index (κ1) is 14.9. The van der Waals surface area contributed by atoms with Crippen molar-refractivity contribution in [2.24, 2.45) is 5.92 Å². The lowest BCUT2D eigenvalue weighted by molar-refractivity contribution is 0.0548. The topological polar surface area (TPSA) is 49.8 Å². The zero-order valence-electron chi connectivity index (χ0n) is 11.6. The maximum absolute atomic E-state index is 13.7. The Labute approximate surface area is 118 Å². The molecule has 0 aromatic heterocycles. The summed E-state index contributed by atoms with van der Waals surface area (Å²) in [6.07, 6.45) is 2.06. The third kappa shape index (κ3) is 4.02. The van der Waals surface area contributed by atoms with Crippen molar-refractivity contribution in [3.63, 3.8) is 0 Å². The molecule has 1 aromatic rings. The molecule has 0 bridgehead atoms. The summed E-state index contributed by atoms with van der Waals surface area (Å²) in [5.41, 5.74) is 0.556. The van der Waals surface area contributed by atoms with Crippen molar-refractivity contribution in [2.75, 3.05) is 26.8 Å². The first-order chi connectivity index (χ1) is 9.56. The second-order valence-corrected chi connectivity index (χ2v) is 5.36. The quantitative estimate of drug-likeness (QED) is 0.900. The molecule has 1 saturated heterocycles. The van der Waals surface area contributed by atoms with Gasteiger partial charge >= 0.3 is 5.97 Å². The maximum atomic E-state index is 13.7. The van der Waals surface area contributed by atoms with Gasteiger partial charge in [-0.1, -0.05) is 0 Å². The molecule has 110 valence electrons. The summed E-state index contributed by atoms with van der Waals surface area (Å²) in [6.45, 7) is 2.88. The van der Waals surface area contributed by atoms with Crippen LogP contribution in [0.4, 0.5) is 4.39 Å². The second-order valence-electron chi connectivity index (χ2n) is 5.36. The fourth-order valence-electron chi connectivity index (χ4n) is 2.55. The Bertz CT molecular complexity index is 472. The molecular weight excluding hydrogens is 261 g/mol. The maximum Gasteiger partial charge on any atom is 0.335 e. The molecule has 0 spiro atoms. The van der Waals surface area contributed by atoms with Gasteiger partial charge in [-0.05, 0) is 44.0 Å². The molecule has 0 unspecified atom stereocenters. The number of benzene rings is 1. The fraction of sp³-hybridized carbons (Fsp3) is 0.533. The summed E-state index contributed by atoms with van der Waals surface area (Å²) < 4.78 is 19.0. The van der Waals surface area contributed by atoms with Crippen molar-refractivity contribution in [3.8, 4) is 0 Å². The predicted molar refractivity (Wildman–Crippen MR) is 73.2 cm³/mol. The molecule has 5 heteroatoms. The monoisotopic (exact) mass is 281 g/mol. The average Bonchev–Trinajstić information content (AvgIpc) is 2.42. The van der Waals surface area contributed by atoms with Gasteiger partial charge in [-0.25, -0.2) is 9.18 Å². The van der Waals surface area contributed by atoms with Crippen LogP contribution < -0.4 is 0 Å². The standard InChI is InChI=1S/C15H20FNO3/c1-17(9-11-4-6-20-7-5-11)10-13-8-12(15(18)19)2-3-14(13)16/h2-3,8,11H,4-7,9-10H2,1H3,(H,18,19). The van der Waals surface area contributed by atoms with Gasteiger partial charge in [0.2, 0.25) is 0 Å². The molecule has 1 aromatic carbocycles. The number of hydrogen-bond acceptors (Lipinski definition) is 3. The van der Waals surface area contributed by atoms with Crippen molar-refractivity contribution < 1.29 is 19.0 Å². The Kier molecular flexibility index (Phi) is 5.09. The molecule has 1 heterocycles. The first-order valence-electron chi connectivity index (χ1n) is 6.84. The lowest BCUT2D eigenvalue weighted by atomic mass is 9.99. The minimum atomic E-state index is -1.03. The largest absolute Gasteiger partial charge is 0.478 e. The summed E-state index contributed by atoms with van der Waals surface area (Å²) in [4.78, 5) is 13.0. The third-order valence-electron chi connectivity index (χ3n) is 3.64. The summed E-state index contributed by atoms with van der Waals surface area (Å²) in [5.74, 6) is -0.813. The molecule has 20 heavy (non-hydrogen) atoms. The normalized spacial score (nSPS) is 16.6. The van der Waals surface area contributed by atoms with E-state index in [1.54, 1.807) is 0 Å². The first-order valence-corrected chi connectivity index (χ1v) is 6.84. The summed E-state index contributed by atoms with van der Waals surface area (Å²) in [7, 11) is 1.93. The van der Waals surface area contributed by atoms with Crippen LogP contribution in [0.5, 0.6) is 0 Å². The van der Waals surface area contributed by atoms with Gasteiger partial charge in [0.1, 0.15) is 5.82 Å². The van der Waals surface area contributed by atoms with Crippen LogP contribution in [0.15, 0.2) is 18.2 Å². The smallest absolute Gasteiger partial charge is 0.335 e. The molecule has 4 nitrogen and oxygen atoms in total. The van der Waals surface area contributed by atoms with Gasteiger partial charge in [0.25, 0.3) is 0 Å². The highest BCUT2D eigenvalue weighted by Gasteiger charge is 2.17. The average molecular weight is 281 g/mol. The number of aromatic carboxylic acids is 1. The molecule has 0 radical (unpaired) electrons. The van der Waals surface area contributed by atoms with Crippen LogP contribution in [0, 0.1) is 11.7 Å². The third-order valence-corrected chi connectivity index (χ3v) is 3.64. The molecule has 1 N–H and O–H groups in total. The molecule has 2 rings (SSSR count). The highest BCUT2D eigenvalue weighted by atomic mass is 19.1. The highest BCUT2D eigenvalue weighted by Crippen LogP contribution is 2.18. The van der Waals surface area contributed by atoms with Gasteiger partial charge in [0.05, 0.1) is 5.56 Å². The molecule has 1 fully saturated rings. The van der Waals surface area contributed by atoms with Gasteiger partial charge in [0, 0.05) is 31.9 Å². The molecule has 0 aliphatic carbocycles. The van der Waals surface area contributed by atoms with Gasteiger partial charge in [-0.3, -0.25) is 0 Å². The Morgan fingerprint density at radius 1 is 1.45 bits per heavy atom. The summed E-state index contributed by atoms with van der Waals surface area (Å²) in [5, 5.41) is 8.95. The number of carboxylic acid groups (broad SMARTS) is 1. The van der Waals surface area contributed by atoms with Gasteiger partial charge in [0.15, 0.2) is 0 Å². The van der Waals surface area contributed by atoms with Crippen LogP contribution in [0.25, 0.3) is 0 Å². The lowest BCUT2D eigenvalue weighted by Crippen LogP contribution is -2.29. The molecule has 1 aliphatic rings. The van der Waals surface area contributed by atoms with Crippen LogP contribution in [-0.2, 0) is 11.3 Å². The number of halogens is 1. The summed E-state index contributed by atoms with van der Waals surface area (Å²) in [6, 6.07) is 3.93. The van der Waals surface area contributed by atoms with E-state index in [2.05, 4.69) is 0 Å². The van der Waals surface area contributed by atoms with Crippen LogP contribution in [0.3, 0.4) is 0 Å². The van der Waals surface area contributed by atoms with E-state index in [4.69, 9.17) is 9.84 Å². The van der Waals surface area contributed by atoms with Crippen LogP contribution in [0.2, 0.25) is 0 Å². The van der Waals surface area contributed by atoms with Crippen molar-refractivity contribution in [2.45, 2.75) is 19.4 Å². The van der Waals surface area contributed by atoms with E-state index in [9.17, 15) is 9.18 Å². The second kappa shape index (κ2) is 6.81. The molecule has 0 saturated carbocycles. The van der Waals surface area contributed by atoms with E-state index in [1.165, 1.54) is 18.2 Å². The van der Waals surface area contributed by atoms with E-state index in [0.717, 1.165) is 32.6 Å². The van der Waals surface area contributed by atoms with E-state index in [1.807, 2.05) is 11.9 Å². The van der Waals surface area contributed by atoms with Gasteiger partial charge < -0.3 is 14.7 Å². The Morgan fingerprint density at radius 2 is 2.15 bits per heavy atom. The molecule has 1 aliphatic heterocycles. The van der Waals surface area contributed by atoms with Gasteiger partial charge in [-0.2, -0.15) is 0 Å². The van der Waals surface area contributed by atoms with Crippen molar-refractivity contribution in [1.82, 2.24) is 4.90 Å². The minimum absolute atomic E-state index is 0.126. The van der Waals surface area contributed by atoms with Crippen molar-refractivity contribution in [1.29, 1.82) is 0 Å². The Morgan fingerprint density at radius 3 is 2.80 bits per heavy atom. The fourth-order valence-corrected chi connectivity index (χ4v) is 2.55. The van der Waals surface area contributed by atoms with Crippen LogP contribution in [0.1, 0.15) is 28.8 Å². The predicted octanol–water partition coefficient (Wildman–Crippen LogP) is 2.38. The number of rotatable bonds is 5. The highest BCUT2D eigenvalue weighted by molar-refractivity contribution is 5.87. The molecular formula is C15H20FNO3. The summed E-state index contributed by atoms with van der Waals surface area (Å²) >= 11 is 0. The number of carboxylic acids is 1. The number of hydrogen-bond donors (Lipinski definition) is 1. The van der Waals surface area contributed by atoms with Crippen LogP contribution >= 0.6 is 0 Å². The van der Waals surface area contributed by atoms with E-state index in [0.29, 0.717) is 18.0 Å². The van der Waals surface area contributed by atoms with E-state index in [-0.39, 0.29) is 11.4 Å². The minimum Gasteiger partial charge on any atom is -0.478 e. The van der Waals surface area contributed by atoms with Crippen LogP contribution in [-0.4, -0.2) is 42.8 Å². The van der Waals surface area contributed by atoms with Crippen molar-refractivity contribution in [3.05, 3.63) is 35.1 Å². The van der Waals surface area contributed by atoms with Gasteiger partial charge in [-0.15, -0.1) is 0 Å². The number of nitrogens with zero attached hydrogens (tertiary/aromatic N) is 1. The molecule has 0 amide bonds. The SMILES string of the molecule is CN(Cc1cc(C(=O)O)ccc1F)CC1CCOCC1. The Balaban J connectivity index is 1.97. The van der Waals surface area contributed by atoms with Crippen molar-refractivity contribution >= 4 is 5.97 Å². The van der Waals surface area contributed by atoms with E-state index >= 15 is 0 Å². The zero-order chi connectivity index (χ0) is 14.5. The van der Waals surface area contributed by atoms with E-state index < -0.39 is 5.97 Å². The number of ether oxygens (including phenoxy) is 1. The zero-order valence-corrected chi connectivity index (χ0v) is 11.6. The number of carbonyl (C=O) groups is 1. The Hall–Kier alpha value is -1.46. The lowest BCUT2D eigenvalue weighted by Gasteiger charge is -2.27. The molecule has 0 atom stereocenters.